The number of anilines is 1. The summed E-state index contributed by atoms with van der Waals surface area (Å²) < 4.78 is 23.1. The maximum atomic E-state index is 13.4. The average Bonchev–Trinajstić information content (AvgIpc) is 2.75. The Morgan fingerprint density at radius 3 is 3.06 bits per heavy atom. The zero-order valence-corrected chi connectivity index (χ0v) is 10.9. The van der Waals surface area contributed by atoms with E-state index < -0.39 is 5.82 Å². The molecule has 0 aliphatic rings. The molecule has 5 nitrogen and oxygen atoms in total. The Bertz CT molecular complexity index is 521. The lowest BCUT2D eigenvalue weighted by Crippen LogP contribution is -2.08. The number of rotatable bonds is 4. The van der Waals surface area contributed by atoms with Gasteiger partial charge in [-0.05, 0) is 18.2 Å². The van der Waals surface area contributed by atoms with E-state index in [9.17, 15) is 4.39 Å². The minimum absolute atomic E-state index is 0.106. The third-order valence-electron chi connectivity index (χ3n) is 1.95. The number of ether oxygens (including phenoxy) is 1. The van der Waals surface area contributed by atoms with E-state index in [-0.39, 0.29) is 12.4 Å². The molecule has 0 radical (unpaired) electrons. The van der Waals surface area contributed by atoms with Gasteiger partial charge >= 0.3 is 0 Å². The lowest BCUT2D eigenvalue weighted by molar-refractivity contribution is 0.286. The first kappa shape index (κ1) is 12.2. The van der Waals surface area contributed by atoms with E-state index in [4.69, 9.17) is 10.6 Å². The Morgan fingerprint density at radius 1 is 1.53 bits per heavy atom. The monoisotopic (exact) mass is 318 g/mol. The number of halogens is 2. The quantitative estimate of drug-likeness (QED) is 0.668. The number of nitrogens with one attached hydrogen (secondary N) is 1. The standard InChI is InChI=1S/C9H8BrFN4OS/c10-5-1-2-8(6(11)3-5)16-4-7-9(13-12)17-15-14-7/h1-3,13H,4,12H2. The van der Waals surface area contributed by atoms with Crippen LogP contribution >= 0.6 is 27.5 Å². The lowest BCUT2D eigenvalue weighted by Gasteiger charge is -2.06. The van der Waals surface area contributed by atoms with Crippen molar-refractivity contribution >= 4 is 32.5 Å². The van der Waals surface area contributed by atoms with E-state index in [1.807, 2.05) is 0 Å². The number of hydrogen-bond acceptors (Lipinski definition) is 6. The van der Waals surface area contributed by atoms with Gasteiger partial charge in [0.1, 0.15) is 12.3 Å². The van der Waals surface area contributed by atoms with Gasteiger partial charge in [0.2, 0.25) is 0 Å². The first-order chi connectivity index (χ1) is 8.20. The predicted molar refractivity (Wildman–Crippen MR) is 66.2 cm³/mol. The smallest absolute Gasteiger partial charge is 0.166 e. The molecular formula is C9H8BrFN4OS. The molecule has 2 aromatic rings. The SMILES string of the molecule is NNc1snnc1COc1ccc(Br)cc1F. The number of nitrogens with two attached hydrogens (primary N) is 1. The fourth-order valence-corrected chi connectivity index (χ4v) is 1.96. The highest BCUT2D eigenvalue weighted by Crippen LogP contribution is 2.23. The molecule has 8 heteroatoms. The van der Waals surface area contributed by atoms with Crippen LogP contribution in [0, 0.1) is 5.82 Å². The summed E-state index contributed by atoms with van der Waals surface area (Å²) in [6.45, 7) is 0.106. The first-order valence-electron chi connectivity index (χ1n) is 4.56. The lowest BCUT2D eigenvalue weighted by atomic mass is 10.3. The van der Waals surface area contributed by atoms with Gasteiger partial charge in [0.05, 0.1) is 0 Å². The molecule has 1 aromatic carbocycles. The van der Waals surface area contributed by atoms with E-state index in [1.54, 1.807) is 6.07 Å². The van der Waals surface area contributed by atoms with Gasteiger partial charge in [-0.3, -0.25) is 0 Å². The van der Waals surface area contributed by atoms with E-state index in [1.165, 1.54) is 12.1 Å². The van der Waals surface area contributed by atoms with Gasteiger partial charge in [-0.1, -0.05) is 20.4 Å². The van der Waals surface area contributed by atoms with E-state index in [2.05, 4.69) is 30.9 Å². The third-order valence-corrected chi connectivity index (χ3v) is 3.14. The molecule has 17 heavy (non-hydrogen) atoms. The number of benzene rings is 1. The summed E-state index contributed by atoms with van der Waals surface area (Å²) in [5.74, 6) is 4.98. The highest BCUT2D eigenvalue weighted by Gasteiger charge is 2.09. The van der Waals surface area contributed by atoms with Crippen molar-refractivity contribution in [3.8, 4) is 5.75 Å². The number of aromatic nitrogens is 2. The van der Waals surface area contributed by atoms with Crippen LogP contribution in [0.4, 0.5) is 9.39 Å². The van der Waals surface area contributed by atoms with Crippen molar-refractivity contribution in [3.63, 3.8) is 0 Å². The summed E-state index contributed by atoms with van der Waals surface area (Å²) in [5.41, 5.74) is 2.99. The molecule has 0 aliphatic heterocycles. The second-order valence-electron chi connectivity index (χ2n) is 3.06. The summed E-state index contributed by atoms with van der Waals surface area (Å²) in [5, 5.41) is 4.42. The molecule has 1 aromatic heterocycles. The molecule has 1 heterocycles. The van der Waals surface area contributed by atoms with Crippen LogP contribution in [0.3, 0.4) is 0 Å². The summed E-state index contributed by atoms with van der Waals surface area (Å²) in [6, 6.07) is 4.56. The molecule has 0 spiro atoms. The minimum Gasteiger partial charge on any atom is -0.484 e. The molecule has 0 fully saturated rings. The molecule has 0 saturated heterocycles. The Morgan fingerprint density at radius 2 is 2.35 bits per heavy atom. The number of hydrogen-bond donors (Lipinski definition) is 2. The van der Waals surface area contributed by atoms with E-state index in [0.29, 0.717) is 15.2 Å². The van der Waals surface area contributed by atoms with Crippen LogP contribution in [0.1, 0.15) is 5.69 Å². The van der Waals surface area contributed by atoms with Gasteiger partial charge in [0.25, 0.3) is 0 Å². The number of nitrogen functional groups attached to an aromatic ring is 1. The maximum absolute atomic E-state index is 13.4. The zero-order chi connectivity index (χ0) is 12.3. The summed E-state index contributed by atoms with van der Waals surface area (Å²) >= 11 is 4.28. The van der Waals surface area contributed by atoms with Gasteiger partial charge in [0.15, 0.2) is 16.6 Å². The molecular weight excluding hydrogens is 311 g/mol. The molecule has 0 amide bonds. The third kappa shape index (κ3) is 2.90. The van der Waals surface area contributed by atoms with E-state index >= 15 is 0 Å². The van der Waals surface area contributed by atoms with Crippen molar-refractivity contribution in [1.29, 1.82) is 0 Å². The highest BCUT2D eigenvalue weighted by atomic mass is 79.9. The van der Waals surface area contributed by atoms with Crippen molar-refractivity contribution in [2.24, 2.45) is 5.84 Å². The zero-order valence-electron chi connectivity index (χ0n) is 8.48. The Labute approximate surface area is 109 Å². The fourth-order valence-electron chi connectivity index (χ4n) is 1.15. The van der Waals surface area contributed by atoms with Crippen LogP contribution in [0.5, 0.6) is 5.75 Å². The second kappa shape index (κ2) is 5.39. The van der Waals surface area contributed by atoms with Gasteiger partial charge in [-0.25, -0.2) is 10.2 Å². The molecule has 0 atom stereocenters. The largest absolute Gasteiger partial charge is 0.484 e. The van der Waals surface area contributed by atoms with Crippen molar-refractivity contribution in [2.45, 2.75) is 6.61 Å². The first-order valence-corrected chi connectivity index (χ1v) is 6.13. The van der Waals surface area contributed by atoms with Crippen LogP contribution in [-0.4, -0.2) is 9.59 Å². The minimum atomic E-state index is -0.440. The van der Waals surface area contributed by atoms with Gasteiger partial charge < -0.3 is 10.2 Å². The van der Waals surface area contributed by atoms with Crippen LogP contribution < -0.4 is 16.0 Å². The highest BCUT2D eigenvalue weighted by molar-refractivity contribution is 9.10. The van der Waals surface area contributed by atoms with Crippen molar-refractivity contribution in [2.75, 3.05) is 5.43 Å². The molecule has 3 N–H and O–H groups in total. The molecule has 2 rings (SSSR count). The molecule has 0 unspecified atom stereocenters. The summed E-state index contributed by atoms with van der Waals surface area (Å²) in [7, 11) is 0. The molecule has 90 valence electrons. The normalized spacial score (nSPS) is 10.3. The summed E-state index contributed by atoms with van der Waals surface area (Å²) in [4.78, 5) is 0. The average molecular weight is 319 g/mol. The number of hydrazine groups is 1. The topological polar surface area (TPSA) is 73.1 Å². The molecule has 0 aliphatic carbocycles. The second-order valence-corrected chi connectivity index (χ2v) is 4.73. The molecule has 0 bridgehead atoms. The van der Waals surface area contributed by atoms with E-state index in [0.717, 1.165) is 11.5 Å². The van der Waals surface area contributed by atoms with Gasteiger partial charge in [-0.2, -0.15) is 0 Å². The Balaban J connectivity index is 2.07. The Kier molecular flexibility index (Phi) is 3.87. The maximum Gasteiger partial charge on any atom is 0.166 e. The van der Waals surface area contributed by atoms with Gasteiger partial charge in [-0.15, -0.1) is 5.10 Å². The number of nitrogens with zero attached hydrogens (tertiary/aromatic N) is 2. The fraction of sp³-hybridized carbons (Fsp3) is 0.111. The predicted octanol–water partition coefficient (Wildman–Crippen LogP) is 2.30. The summed E-state index contributed by atoms with van der Waals surface area (Å²) in [6.07, 6.45) is 0. The van der Waals surface area contributed by atoms with Crippen molar-refractivity contribution < 1.29 is 9.13 Å². The molecule has 0 saturated carbocycles. The van der Waals surface area contributed by atoms with Crippen molar-refractivity contribution in [1.82, 2.24) is 9.59 Å². The van der Waals surface area contributed by atoms with Crippen molar-refractivity contribution in [3.05, 3.63) is 34.2 Å². The van der Waals surface area contributed by atoms with Gasteiger partial charge in [0, 0.05) is 16.0 Å². The Hall–Kier alpha value is -1.25. The van der Waals surface area contributed by atoms with Crippen LogP contribution in [0.15, 0.2) is 22.7 Å². The van der Waals surface area contributed by atoms with Crippen LogP contribution in [0.25, 0.3) is 0 Å². The van der Waals surface area contributed by atoms with Crippen LogP contribution in [-0.2, 0) is 6.61 Å². The van der Waals surface area contributed by atoms with Crippen LogP contribution in [0.2, 0.25) is 0 Å².